The Morgan fingerprint density at radius 3 is 1.97 bits per heavy atom. The Bertz CT molecular complexity index is 583. The Hall–Kier alpha value is -0.860. The van der Waals surface area contributed by atoms with E-state index in [1.807, 2.05) is 6.92 Å². The summed E-state index contributed by atoms with van der Waals surface area (Å²) in [7, 11) is 0. The fourth-order valence-electron chi connectivity index (χ4n) is 7.09. The highest BCUT2D eigenvalue weighted by molar-refractivity contribution is 6.04. The van der Waals surface area contributed by atoms with E-state index in [0.717, 1.165) is 37.0 Å². The van der Waals surface area contributed by atoms with Gasteiger partial charge in [0.2, 0.25) is 0 Å². The molecule has 3 heteroatoms. The SMILES string of the molecule is CCCCCCOC(=O)[C@@]1(C)CCC(C2CCC([C@H]3CC[C@H](CCC)CC3)CC2)CC1=O. The van der Waals surface area contributed by atoms with Crippen LogP contribution in [0, 0.1) is 35.0 Å². The lowest BCUT2D eigenvalue weighted by atomic mass is 9.62. The number of ether oxygens (including phenoxy) is 1. The summed E-state index contributed by atoms with van der Waals surface area (Å²) in [6, 6.07) is 0. The smallest absolute Gasteiger partial charge is 0.319 e. The molecule has 3 saturated carbocycles. The first-order valence-electron chi connectivity index (χ1n) is 14.2. The zero-order valence-electron chi connectivity index (χ0n) is 21.3. The molecule has 184 valence electrons. The molecule has 3 rings (SSSR count). The molecule has 0 saturated heterocycles. The standard InChI is InChI=1S/C29H50O3/c1-4-6-7-8-20-32-28(31)29(3)19-18-26(21-27(29)30)25-16-14-24(15-17-25)23-12-10-22(9-5-2)11-13-23/h22-26H,4-21H2,1-3H3/t22-,23-,24?,25?,26?,29-/m0/s1. The molecule has 3 aliphatic rings. The van der Waals surface area contributed by atoms with E-state index in [4.69, 9.17) is 4.74 Å². The molecule has 0 amide bonds. The second-order valence-corrected chi connectivity index (χ2v) is 11.7. The van der Waals surface area contributed by atoms with Crippen molar-refractivity contribution in [2.45, 2.75) is 130 Å². The number of hydrogen-bond acceptors (Lipinski definition) is 3. The van der Waals surface area contributed by atoms with Gasteiger partial charge in [-0.25, -0.2) is 0 Å². The fourth-order valence-corrected chi connectivity index (χ4v) is 7.09. The van der Waals surface area contributed by atoms with E-state index in [2.05, 4.69) is 13.8 Å². The van der Waals surface area contributed by atoms with Crippen LogP contribution in [-0.2, 0) is 14.3 Å². The van der Waals surface area contributed by atoms with Gasteiger partial charge in [0.1, 0.15) is 11.2 Å². The molecule has 3 aliphatic carbocycles. The van der Waals surface area contributed by atoms with E-state index in [0.29, 0.717) is 31.3 Å². The highest BCUT2D eigenvalue weighted by atomic mass is 16.5. The molecule has 0 aromatic heterocycles. The van der Waals surface area contributed by atoms with Gasteiger partial charge in [0, 0.05) is 6.42 Å². The van der Waals surface area contributed by atoms with Crippen LogP contribution in [-0.4, -0.2) is 18.4 Å². The summed E-state index contributed by atoms with van der Waals surface area (Å²) in [5.41, 5.74) is -0.893. The predicted octanol–water partition coefficient (Wildman–Crippen LogP) is 7.90. The van der Waals surface area contributed by atoms with Crippen LogP contribution in [0.4, 0.5) is 0 Å². The Morgan fingerprint density at radius 1 is 0.812 bits per heavy atom. The topological polar surface area (TPSA) is 43.4 Å². The number of carbonyl (C=O) groups excluding carboxylic acids is 2. The zero-order chi connectivity index (χ0) is 23.0. The molecule has 3 nitrogen and oxygen atoms in total. The number of hydrogen-bond donors (Lipinski definition) is 0. The van der Waals surface area contributed by atoms with Crippen LogP contribution >= 0.6 is 0 Å². The number of carbonyl (C=O) groups is 2. The minimum atomic E-state index is -0.893. The van der Waals surface area contributed by atoms with E-state index in [-0.39, 0.29) is 11.8 Å². The van der Waals surface area contributed by atoms with Crippen molar-refractivity contribution in [1.29, 1.82) is 0 Å². The Labute approximate surface area is 197 Å². The van der Waals surface area contributed by atoms with Crippen molar-refractivity contribution in [2.75, 3.05) is 6.61 Å². The van der Waals surface area contributed by atoms with E-state index in [9.17, 15) is 9.59 Å². The third-order valence-electron chi connectivity index (χ3n) is 9.50. The van der Waals surface area contributed by atoms with Gasteiger partial charge in [-0.15, -0.1) is 0 Å². The van der Waals surface area contributed by atoms with Crippen molar-refractivity contribution in [3.8, 4) is 0 Å². The van der Waals surface area contributed by atoms with Crippen LogP contribution < -0.4 is 0 Å². The lowest BCUT2D eigenvalue weighted by molar-refractivity contribution is -0.162. The first-order chi connectivity index (χ1) is 15.5. The lowest BCUT2D eigenvalue weighted by Gasteiger charge is -2.42. The van der Waals surface area contributed by atoms with Crippen molar-refractivity contribution < 1.29 is 14.3 Å². The molecule has 0 heterocycles. The molecule has 0 bridgehead atoms. The quantitative estimate of drug-likeness (QED) is 0.194. The van der Waals surface area contributed by atoms with Gasteiger partial charge in [0.15, 0.2) is 0 Å². The van der Waals surface area contributed by atoms with Gasteiger partial charge in [-0.2, -0.15) is 0 Å². The lowest BCUT2D eigenvalue weighted by Crippen LogP contribution is -2.44. The average Bonchev–Trinajstić information content (AvgIpc) is 2.81. The first-order valence-corrected chi connectivity index (χ1v) is 14.2. The maximum absolute atomic E-state index is 13.0. The van der Waals surface area contributed by atoms with Crippen LogP contribution in [0.15, 0.2) is 0 Å². The Morgan fingerprint density at radius 2 is 1.41 bits per heavy atom. The number of ketones is 1. The summed E-state index contributed by atoms with van der Waals surface area (Å²) in [5, 5.41) is 0. The molecule has 0 aromatic carbocycles. The van der Waals surface area contributed by atoms with E-state index < -0.39 is 5.41 Å². The van der Waals surface area contributed by atoms with Crippen molar-refractivity contribution in [2.24, 2.45) is 35.0 Å². The third kappa shape index (κ3) is 6.60. The predicted molar refractivity (Wildman–Crippen MR) is 131 cm³/mol. The highest BCUT2D eigenvalue weighted by Gasteiger charge is 2.47. The maximum atomic E-state index is 13.0. The third-order valence-corrected chi connectivity index (χ3v) is 9.50. The van der Waals surface area contributed by atoms with Gasteiger partial charge < -0.3 is 4.74 Å². The fraction of sp³-hybridized carbons (Fsp3) is 0.931. The molecule has 32 heavy (non-hydrogen) atoms. The van der Waals surface area contributed by atoms with Crippen LogP contribution in [0.25, 0.3) is 0 Å². The monoisotopic (exact) mass is 446 g/mol. The summed E-state index contributed by atoms with van der Waals surface area (Å²) < 4.78 is 5.53. The molecular weight excluding hydrogens is 396 g/mol. The molecule has 1 unspecified atom stereocenters. The number of Topliss-reactive ketones (excluding diaryl/α,β-unsaturated/α-hetero) is 1. The van der Waals surface area contributed by atoms with Gasteiger partial charge in [-0.05, 0) is 94.3 Å². The Balaban J connectivity index is 1.39. The number of unbranched alkanes of at least 4 members (excludes halogenated alkanes) is 3. The summed E-state index contributed by atoms with van der Waals surface area (Å²) in [4.78, 5) is 25.7. The summed E-state index contributed by atoms with van der Waals surface area (Å²) in [6.45, 7) is 6.81. The second-order valence-electron chi connectivity index (χ2n) is 11.7. The molecule has 2 atom stereocenters. The molecule has 3 fully saturated rings. The minimum absolute atomic E-state index is 0.142. The molecule has 0 aromatic rings. The van der Waals surface area contributed by atoms with Gasteiger partial charge in [-0.1, -0.05) is 58.8 Å². The normalized spacial score (nSPS) is 36.1. The average molecular weight is 447 g/mol. The van der Waals surface area contributed by atoms with Crippen LogP contribution in [0.3, 0.4) is 0 Å². The van der Waals surface area contributed by atoms with Crippen molar-refractivity contribution in [1.82, 2.24) is 0 Å². The van der Waals surface area contributed by atoms with Crippen LogP contribution in [0.5, 0.6) is 0 Å². The van der Waals surface area contributed by atoms with Crippen LogP contribution in [0.2, 0.25) is 0 Å². The number of rotatable bonds is 10. The van der Waals surface area contributed by atoms with Gasteiger partial charge in [-0.3, -0.25) is 9.59 Å². The molecule has 0 N–H and O–H groups in total. The Kier molecular flexibility index (Phi) is 10.1. The zero-order valence-corrected chi connectivity index (χ0v) is 21.3. The first kappa shape index (κ1) is 25.8. The summed E-state index contributed by atoms with van der Waals surface area (Å²) in [5.74, 6) is 3.96. The van der Waals surface area contributed by atoms with Crippen LogP contribution in [0.1, 0.15) is 130 Å². The van der Waals surface area contributed by atoms with E-state index in [1.165, 1.54) is 77.0 Å². The molecule has 0 spiro atoms. The molecule has 0 radical (unpaired) electrons. The second kappa shape index (κ2) is 12.6. The van der Waals surface area contributed by atoms with Gasteiger partial charge >= 0.3 is 5.97 Å². The summed E-state index contributed by atoms with van der Waals surface area (Å²) >= 11 is 0. The van der Waals surface area contributed by atoms with Gasteiger partial charge in [0.25, 0.3) is 0 Å². The minimum Gasteiger partial charge on any atom is -0.465 e. The van der Waals surface area contributed by atoms with E-state index in [1.54, 1.807) is 0 Å². The highest BCUT2D eigenvalue weighted by Crippen LogP contribution is 2.47. The van der Waals surface area contributed by atoms with Gasteiger partial charge in [0.05, 0.1) is 6.61 Å². The van der Waals surface area contributed by atoms with Crippen molar-refractivity contribution >= 4 is 11.8 Å². The van der Waals surface area contributed by atoms with E-state index >= 15 is 0 Å². The van der Waals surface area contributed by atoms with Crippen molar-refractivity contribution in [3.63, 3.8) is 0 Å². The van der Waals surface area contributed by atoms with Crippen molar-refractivity contribution in [3.05, 3.63) is 0 Å². The largest absolute Gasteiger partial charge is 0.465 e. The molecular formula is C29H50O3. The summed E-state index contributed by atoms with van der Waals surface area (Å²) in [6.07, 6.45) is 20.6. The number of esters is 1. The molecule has 0 aliphatic heterocycles. The maximum Gasteiger partial charge on any atom is 0.319 e.